The SMILES string of the molecule is c1ccc2cc(-c3nc(-c4ccc(-c5nc6ccccc6c6c5oc5ccccc56)cc4)nc(-c4cccc5c4oc4ccccc45)n3)ccc2c1. The number of pyridine rings is 1. The van der Waals surface area contributed by atoms with Crippen molar-refractivity contribution in [2.24, 2.45) is 0 Å². The molecule has 0 radical (unpaired) electrons. The summed E-state index contributed by atoms with van der Waals surface area (Å²) in [6, 6.07) is 53.4. The maximum absolute atomic E-state index is 6.47. The number of furan rings is 2. The molecule has 6 nitrogen and oxygen atoms in total. The van der Waals surface area contributed by atoms with Crippen LogP contribution in [0.1, 0.15) is 0 Å². The molecule has 0 spiro atoms. The molecule has 0 aliphatic heterocycles. The van der Waals surface area contributed by atoms with Crippen molar-refractivity contribution in [2.75, 3.05) is 0 Å². The van der Waals surface area contributed by atoms with Crippen molar-refractivity contribution in [2.45, 2.75) is 0 Å². The first-order valence-corrected chi connectivity index (χ1v) is 17.2. The predicted molar refractivity (Wildman–Crippen MR) is 209 cm³/mol. The average molecular weight is 667 g/mol. The van der Waals surface area contributed by atoms with Gasteiger partial charge in [-0.05, 0) is 41.1 Å². The van der Waals surface area contributed by atoms with Crippen LogP contribution in [-0.2, 0) is 0 Å². The third kappa shape index (κ3) is 4.44. The Morgan fingerprint density at radius 3 is 1.81 bits per heavy atom. The van der Waals surface area contributed by atoms with Gasteiger partial charge in [-0.2, -0.15) is 0 Å². The minimum Gasteiger partial charge on any atom is -0.455 e. The summed E-state index contributed by atoms with van der Waals surface area (Å²) in [4.78, 5) is 20.3. The van der Waals surface area contributed by atoms with Gasteiger partial charge < -0.3 is 8.83 Å². The Hall–Kier alpha value is -7.18. The lowest BCUT2D eigenvalue weighted by atomic mass is 10.0. The summed E-state index contributed by atoms with van der Waals surface area (Å²) >= 11 is 0. The minimum absolute atomic E-state index is 0.544. The van der Waals surface area contributed by atoms with E-state index in [1.165, 1.54) is 0 Å². The van der Waals surface area contributed by atoms with Crippen LogP contribution in [0.25, 0.3) is 111 Å². The third-order valence-electron chi connectivity index (χ3n) is 9.92. The van der Waals surface area contributed by atoms with Crippen LogP contribution in [0.15, 0.2) is 167 Å². The van der Waals surface area contributed by atoms with Gasteiger partial charge in [0.1, 0.15) is 22.4 Å². The van der Waals surface area contributed by atoms with E-state index in [-0.39, 0.29) is 0 Å². The highest BCUT2D eigenvalue weighted by atomic mass is 16.3. The Bertz CT molecular complexity index is 3200. The predicted octanol–water partition coefficient (Wildman–Crippen LogP) is 12.0. The maximum atomic E-state index is 6.47. The molecule has 0 fully saturated rings. The van der Waals surface area contributed by atoms with Gasteiger partial charge in [0, 0.05) is 43.6 Å². The van der Waals surface area contributed by atoms with Crippen molar-refractivity contribution >= 4 is 65.6 Å². The molecule has 6 heteroatoms. The van der Waals surface area contributed by atoms with E-state index >= 15 is 0 Å². The number of hydrogen-bond donors (Lipinski definition) is 0. The first-order valence-electron chi connectivity index (χ1n) is 17.2. The first-order chi connectivity index (χ1) is 25.7. The molecule has 0 unspecified atom stereocenters. The standard InChI is InChI=1S/C46H26N4O2/c1-2-11-30-26-31(25-20-27(30)10-1)45-48-44(49-46(50-45)36-16-9-15-33-32-12-4-7-18-38(32)51-42(33)36)29-23-21-28(22-24-29)41-43-40(34-13-3-6-17-37(34)47-41)35-14-5-8-19-39(35)52-43/h1-26H. The molecule has 11 aromatic rings. The van der Waals surface area contributed by atoms with Crippen molar-refractivity contribution < 1.29 is 8.83 Å². The second-order valence-electron chi connectivity index (χ2n) is 13.0. The lowest BCUT2D eigenvalue weighted by Crippen LogP contribution is -2.00. The van der Waals surface area contributed by atoms with Gasteiger partial charge in [-0.15, -0.1) is 0 Å². The molecule has 0 atom stereocenters. The molecule has 4 aromatic heterocycles. The second kappa shape index (κ2) is 11.2. The van der Waals surface area contributed by atoms with Crippen LogP contribution in [0.3, 0.4) is 0 Å². The summed E-state index contributed by atoms with van der Waals surface area (Å²) in [5, 5.41) is 7.57. The van der Waals surface area contributed by atoms with E-state index in [1.54, 1.807) is 0 Å². The highest BCUT2D eigenvalue weighted by Gasteiger charge is 2.20. The fourth-order valence-electron chi connectivity index (χ4n) is 7.41. The van der Waals surface area contributed by atoms with Crippen LogP contribution in [0.4, 0.5) is 0 Å². The molecule has 11 rings (SSSR count). The van der Waals surface area contributed by atoms with Gasteiger partial charge in [-0.1, -0.05) is 127 Å². The largest absolute Gasteiger partial charge is 0.455 e. The molecule has 7 aromatic carbocycles. The molecule has 0 saturated heterocycles. The van der Waals surface area contributed by atoms with E-state index in [0.717, 1.165) is 93.5 Å². The van der Waals surface area contributed by atoms with Crippen LogP contribution in [-0.4, -0.2) is 19.9 Å². The number of aromatic nitrogens is 4. The van der Waals surface area contributed by atoms with Gasteiger partial charge >= 0.3 is 0 Å². The van der Waals surface area contributed by atoms with Crippen LogP contribution in [0.2, 0.25) is 0 Å². The van der Waals surface area contributed by atoms with E-state index < -0.39 is 0 Å². The Labute approximate surface area is 296 Å². The number of para-hydroxylation sites is 4. The number of fused-ring (bicyclic) bond motifs is 9. The van der Waals surface area contributed by atoms with Crippen molar-refractivity contribution in [3.8, 4) is 45.4 Å². The summed E-state index contributed by atoms with van der Waals surface area (Å²) < 4.78 is 12.9. The number of hydrogen-bond acceptors (Lipinski definition) is 6. The Kier molecular flexibility index (Phi) is 6.15. The van der Waals surface area contributed by atoms with E-state index in [2.05, 4.69) is 72.8 Å². The quantitative estimate of drug-likeness (QED) is 0.186. The van der Waals surface area contributed by atoms with Gasteiger partial charge in [-0.3, -0.25) is 0 Å². The monoisotopic (exact) mass is 666 g/mol. The van der Waals surface area contributed by atoms with Gasteiger partial charge in [0.05, 0.1) is 11.1 Å². The number of rotatable bonds is 4. The zero-order valence-electron chi connectivity index (χ0n) is 27.6. The van der Waals surface area contributed by atoms with E-state index in [9.17, 15) is 0 Å². The van der Waals surface area contributed by atoms with Gasteiger partial charge in [0.2, 0.25) is 0 Å². The molecule has 0 saturated carbocycles. The first kappa shape index (κ1) is 28.6. The Morgan fingerprint density at radius 2 is 0.962 bits per heavy atom. The average Bonchev–Trinajstić information content (AvgIpc) is 3.80. The van der Waals surface area contributed by atoms with Crippen molar-refractivity contribution in [1.82, 2.24) is 19.9 Å². The van der Waals surface area contributed by atoms with Crippen LogP contribution in [0, 0.1) is 0 Å². The fraction of sp³-hybridized carbons (Fsp3) is 0. The summed E-state index contributed by atoms with van der Waals surface area (Å²) in [6.07, 6.45) is 0. The highest BCUT2D eigenvalue weighted by Crippen LogP contribution is 2.40. The Morgan fingerprint density at radius 1 is 0.365 bits per heavy atom. The molecular weight excluding hydrogens is 641 g/mol. The van der Waals surface area contributed by atoms with Crippen LogP contribution >= 0.6 is 0 Å². The number of benzene rings is 7. The topological polar surface area (TPSA) is 77.8 Å². The molecule has 0 aliphatic rings. The maximum Gasteiger partial charge on any atom is 0.167 e. The highest BCUT2D eigenvalue weighted by molar-refractivity contribution is 6.20. The second-order valence-corrected chi connectivity index (χ2v) is 13.0. The van der Waals surface area contributed by atoms with Crippen LogP contribution in [0.5, 0.6) is 0 Å². The smallest absolute Gasteiger partial charge is 0.167 e. The van der Waals surface area contributed by atoms with Crippen molar-refractivity contribution in [3.63, 3.8) is 0 Å². The molecule has 0 aliphatic carbocycles. The van der Waals surface area contributed by atoms with Crippen molar-refractivity contribution in [3.05, 3.63) is 158 Å². The lowest BCUT2D eigenvalue weighted by molar-refractivity contribution is 0.668. The van der Waals surface area contributed by atoms with Crippen LogP contribution < -0.4 is 0 Å². The normalized spacial score (nSPS) is 11.8. The number of nitrogens with zero attached hydrogens (tertiary/aromatic N) is 4. The lowest BCUT2D eigenvalue weighted by Gasteiger charge is -2.10. The molecule has 0 bridgehead atoms. The molecule has 4 heterocycles. The molecule has 52 heavy (non-hydrogen) atoms. The summed E-state index contributed by atoms with van der Waals surface area (Å²) in [6.45, 7) is 0. The minimum atomic E-state index is 0.544. The molecule has 242 valence electrons. The van der Waals surface area contributed by atoms with E-state index in [1.807, 2.05) is 84.9 Å². The fourth-order valence-corrected chi connectivity index (χ4v) is 7.41. The zero-order valence-corrected chi connectivity index (χ0v) is 27.6. The summed E-state index contributed by atoms with van der Waals surface area (Å²) in [7, 11) is 0. The van der Waals surface area contributed by atoms with Crippen molar-refractivity contribution in [1.29, 1.82) is 0 Å². The van der Waals surface area contributed by atoms with Gasteiger partial charge in [-0.25, -0.2) is 19.9 Å². The third-order valence-corrected chi connectivity index (χ3v) is 9.92. The van der Waals surface area contributed by atoms with E-state index in [4.69, 9.17) is 28.8 Å². The summed E-state index contributed by atoms with van der Waals surface area (Å²) in [5.41, 5.74) is 8.40. The molecule has 0 amide bonds. The molecule has 0 N–H and O–H groups in total. The van der Waals surface area contributed by atoms with Gasteiger partial charge in [0.25, 0.3) is 0 Å². The van der Waals surface area contributed by atoms with Gasteiger partial charge in [0.15, 0.2) is 23.1 Å². The van der Waals surface area contributed by atoms with E-state index in [0.29, 0.717) is 17.5 Å². The Balaban J connectivity index is 1.09. The molecular formula is C46H26N4O2. The summed E-state index contributed by atoms with van der Waals surface area (Å²) in [5.74, 6) is 1.69. The zero-order chi connectivity index (χ0) is 34.2.